The molecule has 1 aromatic heterocycles. The van der Waals surface area contributed by atoms with Gasteiger partial charge in [-0.25, -0.2) is 0 Å². The Morgan fingerprint density at radius 2 is 1.84 bits per heavy atom. The lowest BCUT2D eigenvalue weighted by molar-refractivity contribution is -0.278. The normalized spacial score (nSPS) is 30.4. The van der Waals surface area contributed by atoms with Gasteiger partial charge < -0.3 is 34.6 Å². The van der Waals surface area contributed by atoms with E-state index in [2.05, 4.69) is 5.10 Å². The fourth-order valence-electron chi connectivity index (χ4n) is 3.46. The van der Waals surface area contributed by atoms with Gasteiger partial charge in [0.1, 0.15) is 30.2 Å². The molecule has 1 saturated heterocycles. The summed E-state index contributed by atoms with van der Waals surface area (Å²) in [5.41, 5.74) is 0.861. The van der Waals surface area contributed by atoms with Crippen molar-refractivity contribution in [2.45, 2.75) is 83.7 Å². The van der Waals surface area contributed by atoms with E-state index in [1.807, 2.05) is 13.8 Å². The molecule has 4 N–H and O–H groups in total. The summed E-state index contributed by atoms with van der Waals surface area (Å²) in [6.45, 7) is -2.27. The van der Waals surface area contributed by atoms with Gasteiger partial charge in [-0.15, -0.1) is 5.10 Å². The van der Waals surface area contributed by atoms with Crippen molar-refractivity contribution in [3.05, 3.63) is 41.1 Å². The first-order chi connectivity index (χ1) is 17.9. The van der Waals surface area contributed by atoms with E-state index >= 15 is 0 Å². The Labute approximate surface area is 198 Å². The number of aliphatic hydroxyl groups is 4. The van der Waals surface area contributed by atoms with Crippen molar-refractivity contribution in [2.24, 2.45) is 0 Å². The fourth-order valence-corrected chi connectivity index (χ4v) is 3.46. The molecule has 0 bridgehead atoms. The quantitative estimate of drug-likeness (QED) is 0.468. The van der Waals surface area contributed by atoms with Gasteiger partial charge in [-0.3, -0.25) is 4.68 Å². The Hall–Kier alpha value is -2.17. The zero-order valence-corrected chi connectivity index (χ0v) is 18.1. The summed E-state index contributed by atoms with van der Waals surface area (Å²) in [5, 5.41) is 44.2. The summed E-state index contributed by atoms with van der Waals surface area (Å²) >= 11 is 0. The second kappa shape index (κ2) is 10.2. The highest BCUT2D eigenvalue weighted by atomic mass is 16.7. The van der Waals surface area contributed by atoms with Crippen LogP contribution in [0.4, 0.5) is 0 Å². The van der Waals surface area contributed by atoms with Gasteiger partial charge in [-0.05, 0) is 52.2 Å². The molecule has 1 aliphatic heterocycles. The molecule has 1 fully saturated rings. The van der Waals surface area contributed by atoms with Gasteiger partial charge in [-0.1, -0.05) is 12.1 Å². The molecular weight excluding hydrogens is 416 g/mol. The summed E-state index contributed by atoms with van der Waals surface area (Å²) in [7, 11) is 0. The van der Waals surface area contributed by atoms with Crippen LogP contribution in [0.5, 0.6) is 11.6 Å². The van der Waals surface area contributed by atoms with Crippen LogP contribution < -0.4 is 9.47 Å². The van der Waals surface area contributed by atoms with E-state index in [0.29, 0.717) is 16.0 Å². The SMILES string of the molecule is [2H]C([2H])([2H])C([2H])(n1nc(O[C@@H]2O[C@H](CO)[C@@H](O)[C@H](O)[C@H]2O)c(Cc2ccc(OC(C)C)cc2)c1C)C([2H])([2H])[2H]. The molecule has 9 nitrogen and oxygen atoms in total. The molecular formula is C23H34N2O7. The van der Waals surface area contributed by atoms with Crippen LogP contribution in [0, 0.1) is 6.92 Å². The predicted molar refractivity (Wildman–Crippen MR) is 117 cm³/mol. The lowest BCUT2D eigenvalue weighted by atomic mass is 9.99. The molecule has 9 heteroatoms. The van der Waals surface area contributed by atoms with Crippen molar-refractivity contribution in [3.63, 3.8) is 0 Å². The smallest absolute Gasteiger partial charge is 0.239 e. The highest BCUT2D eigenvalue weighted by Gasteiger charge is 2.45. The van der Waals surface area contributed by atoms with Crippen molar-refractivity contribution in [3.8, 4) is 11.6 Å². The average Bonchev–Trinajstić information content (AvgIpc) is 3.13. The van der Waals surface area contributed by atoms with Gasteiger partial charge in [0.15, 0.2) is 0 Å². The summed E-state index contributed by atoms with van der Waals surface area (Å²) in [4.78, 5) is 0. The van der Waals surface area contributed by atoms with Crippen LogP contribution in [0.3, 0.4) is 0 Å². The van der Waals surface area contributed by atoms with E-state index in [-0.39, 0.29) is 29.7 Å². The van der Waals surface area contributed by atoms with E-state index in [9.17, 15) is 20.4 Å². The molecule has 3 rings (SSSR count). The predicted octanol–water partition coefficient (Wildman–Crippen LogP) is 1.33. The van der Waals surface area contributed by atoms with Crippen molar-refractivity contribution in [1.82, 2.24) is 9.78 Å². The lowest BCUT2D eigenvalue weighted by Gasteiger charge is -2.39. The van der Waals surface area contributed by atoms with Crippen LogP contribution in [0.1, 0.15) is 60.0 Å². The number of aliphatic hydroxyl groups excluding tert-OH is 4. The molecule has 178 valence electrons. The minimum Gasteiger partial charge on any atom is -0.491 e. The number of rotatable bonds is 8. The summed E-state index contributed by atoms with van der Waals surface area (Å²) < 4.78 is 73.0. The minimum atomic E-state index is -3.34. The molecule has 0 amide bonds. The van der Waals surface area contributed by atoms with Gasteiger partial charge in [0.25, 0.3) is 0 Å². The molecule has 0 aliphatic carbocycles. The lowest BCUT2D eigenvalue weighted by Crippen LogP contribution is -2.60. The van der Waals surface area contributed by atoms with Crippen LogP contribution in [-0.2, 0) is 11.2 Å². The maximum Gasteiger partial charge on any atom is 0.239 e. The highest BCUT2D eigenvalue weighted by Crippen LogP contribution is 2.31. The second-order valence-electron chi connectivity index (χ2n) is 7.93. The molecule has 32 heavy (non-hydrogen) atoms. The first-order valence-corrected chi connectivity index (χ1v) is 10.2. The first kappa shape index (κ1) is 16.4. The average molecular weight is 458 g/mol. The van der Waals surface area contributed by atoms with E-state index < -0.39 is 57.0 Å². The molecule has 0 spiro atoms. The largest absolute Gasteiger partial charge is 0.491 e. The third-order valence-corrected chi connectivity index (χ3v) is 5.17. The van der Waals surface area contributed by atoms with Gasteiger partial charge in [0, 0.05) is 31.9 Å². The monoisotopic (exact) mass is 457 g/mol. The number of benzene rings is 1. The highest BCUT2D eigenvalue weighted by molar-refractivity contribution is 5.38. The van der Waals surface area contributed by atoms with Crippen molar-refractivity contribution >= 4 is 0 Å². The summed E-state index contributed by atoms with van der Waals surface area (Å²) in [6, 6.07) is 3.69. The second-order valence-corrected chi connectivity index (χ2v) is 7.93. The van der Waals surface area contributed by atoms with Crippen molar-refractivity contribution in [1.29, 1.82) is 0 Å². The van der Waals surface area contributed by atoms with E-state index in [0.717, 1.165) is 0 Å². The zero-order valence-electron chi connectivity index (χ0n) is 25.1. The van der Waals surface area contributed by atoms with Crippen LogP contribution in [0.15, 0.2) is 24.3 Å². The van der Waals surface area contributed by atoms with Crippen LogP contribution in [-0.4, -0.2) is 73.6 Å². The molecule has 0 saturated carbocycles. The summed E-state index contributed by atoms with van der Waals surface area (Å²) in [5.74, 6) is 0.249. The molecule has 2 heterocycles. The summed E-state index contributed by atoms with van der Waals surface area (Å²) in [6.07, 6.45) is -8.21. The van der Waals surface area contributed by atoms with Crippen LogP contribution in [0.2, 0.25) is 0 Å². The topological polar surface area (TPSA) is 126 Å². The maximum absolute atomic E-state index is 10.5. The van der Waals surface area contributed by atoms with E-state index in [1.54, 1.807) is 24.3 Å². The first-order valence-electron chi connectivity index (χ1n) is 13.7. The molecule has 1 aliphatic rings. The molecule has 0 unspecified atom stereocenters. The molecule has 5 atom stereocenters. The fraction of sp³-hybridized carbons (Fsp3) is 0.609. The third-order valence-electron chi connectivity index (χ3n) is 5.17. The number of ether oxygens (including phenoxy) is 3. The minimum absolute atomic E-state index is 0.000604. The van der Waals surface area contributed by atoms with E-state index in [4.69, 9.17) is 23.8 Å². The van der Waals surface area contributed by atoms with Gasteiger partial charge in [-0.2, -0.15) is 0 Å². The number of hydrogen-bond donors (Lipinski definition) is 4. The Balaban J connectivity index is 2.10. The zero-order chi connectivity index (χ0) is 29.5. The van der Waals surface area contributed by atoms with Crippen molar-refractivity contribution in [2.75, 3.05) is 6.61 Å². The van der Waals surface area contributed by atoms with Crippen LogP contribution >= 0.6 is 0 Å². The van der Waals surface area contributed by atoms with Gasteiger partial charge in [0.2, 0.25) is 12.2 Å². The number of aromatic nitrogens is 2. The Bertz CT molecular complexity index is 1110. The Morgan fingerprint density at radius 1 is 1.16 bits per heavy atom. The molecule has 0 radical (unpaired) electrons. The molecule has 1 aromatic carbocycles. The van der Waals surface area contributed by atoms with Gasteiger partial charge in [0.05, 0.1) is 14.1 Å². The Kier molecular flexibility index (Phi) is 5.23. The molecule has 2 aromatic rings. The van der Waals surface area contributed by atoms with E-state index in [1.165, 1.54) is 6.92 Å². The number of nitrogens with zero attached hydrogens (tertiary/aromatic N) is 2. The Morgan fingerprint density at radius 3 is 2.44 bits per heavy atom. The van der Waals surface area contributed by atoms with Gasteiger partial charge >= 0.3 is 0 Å². The third kappa shape index (κ3) is 5.24. The van der Waals surface area contributed by atoms with Crippen LogP contribution in [0.25, 0.3) is 0 Å². The maximum atomic E-state index is 10.5. The van der Waals surface area contributed by atoms with Crippen molar-refractivity contribution < 1.29 is 44.2 Å². The standard InChI is InChI=1S/C23H34N2O7/c1-12(2)25-14(5)17(10-15-6-8-16(9-7-15)30-13(3)4)22(24-25)32-23-21(29)20(28)19(27)18(11-26)31-23/h6-9,12-13,18-21,23,26-29H,10-11H2,1-5H3/t18-,19-,20+,21-,23+/m1/s1/i1D3,2D3,12D. The number of hydrogen-bond acceptors (Lipinski definition) is 8.